The fourth-order valence-electron chi connectivity index (χ4n) is 1.71. The average Bonchev–Trinajstić information content (AvgIpc) is 2.37. The Labute approximate surface area is 106 Å². The fourth-order valence-corrected chi connectivity index (χ4v) is 1.71. The Morgan fingerprint density at radius 2 is 1.83 bits per heavy atom. The molecule has 0 amide bonds. The number of ether oxygens (including phenoxy) is 1. The Morgan fingerprint density at radius 1 is 1.11 bits per heavy atom. The summed E-state index contributed by atoms with van der Waals surface area (Å²) < 4.78 is 5.57. The summed E-state index contributed by atoms with van der Waals surface area (Å²) in [5, 5.41) is 19.1. The maximum absolute atomic E-state index is 9.72. The minimum absolute atomic E-state index is 0.0514. The van der Waals surface area contributed by atoms with Crippen LogP contribution in [0, 0.1) is 0 Å². The third kappa shape index (κ3) is 3.02. The minimum atomic E-state index is -0.687. The Balaban J connectivity index is 2.05. The molecule has 2 rings (SSSR count). The summed E-state index contributed by atoms with van der Waals surface area (Å²) in [7, 11) is 0. The molecule has 2 aromatic carbocycles. The molecule has 0 unspecified atom stereocenters. The van der Waals surface area contributed by atoms with E-state index in [0.29, 0.717) is 17.9 Å². The summed E-state index contributed by atoms with van der Waals surface area (Å²) in [4.78, 5) is 0. The SMILES string of the molecule is C[C@H](O)c1ccc(OCc2ccccc2)cc1O. The van der Waals surface area contributed by atoms with Crippen LogP contribution in [0.25, 0.3) is 0 Å². The Hall–Kier alpha value is -2.00. The van der Waals surface area contributed by atoms with Gasteiger partial charge in [0.25, 0.3) is 0 Å². The molecule has 0 fully saturated rings. The van der Waals surface area contributed by atoms with Gasteiger partial charge in [-0.1, -0.05) is 30.3 Å². The quantitative estimate of drug-likeness (QED) is 0.869. The summed E-state index contributed by atoms with van der Waals surface area (Å²) >= 11 is 0. The van der Waals surface area contributed by atoms with Crippen LogP contribution in [0.5, 0.6) is 11.5 Å². The molecule has 2 aromatic rings. The van der Waals surface area contributed by atoms with E-state index < -0.39 is 6.10 Å². The standard InChI is InChI=1S/C15H16O3/c1-11(16)14-8-7-13(9-15(14)17)18-10-12-5-3-2-4-6-12/h2-9,11,16-17H,10H2,1H3/t11-/m0/s1. The van der Waals surface area contributed by atoms with Crippen LogP contribution in [0.1, 0.15) is 24.2 Å². The highest BCUT2D eigenvalue weighted by Crippen LogP contribution is 2.28. The highest BCUT2D eigenvalue weighted by molar-refractivity contribution is 5.40. The van der Waals surface area contributed by atoms with Crippen LogP contribution in [-0.4, -0.2) is 10.2 Å². The van der Waals surface area contributed by atoms with E-state index in [0.717, 1.165) is 5.56 Å². The normalized spacial score (nSPS) is 12.1. The number of rotatable bonds is 4. The van der Waals surface area contributed by atoms with Gasteiger partial charge in [-0.3, -0.25) is 0 Å². The van der Waals surface area contributed by atoms with Crippen molar-refractivity contribution in [3.05, 3.63) is 59.7 Å². The minimum Gasteiger partial charge on any atom is -0.507 e. The third-order valence-corrected chi connectivity index (χ3v) is 2.70. The highest BCUT2D eigenvalue weighted by atomic mass is 16.5. The van der Waals surface area contributed by atoms with Crippen LogP contribution in [-0.2, 0) is 6.61 Å². The van der Waals surface area contributed by atoms with Crippen molar-refractivity contribution in [2.45, 2.75) is 19.6 Å². The number of phenolic OH excluding ortho intramolecular Hbond substituents is 1. The molecule has 1 atom stereocenters. The Kier molecular flexibility index (Phi) is 3.85. The van der Waals surface area contributed by atoms with Crippen LogP contribution in [0.15, 0.2) is 48.5 Å². The third-order valence-electron chi connectivity index (χ3n) is 2.70. The van der Waals surface area contributed by atoms with Crippen LogP contribution in [0.3, 0.4) is 0 Å². The fraction of sp³-hybridized carbons (Fsp3) is 0.200. The van der Waals surface area contributed by atoms with E-state index in [-0.39, 0.29) is 5.75 Å². The van der Waals surface area contributed by atoms with Gasteiger partial charge in [0.2, 0.25) is 0 Å². The zero-order valence-electron chi connectivity index (χ0n) is 10.2. The maximum Gasteiger partial charge on any atom is 0.125 e. The Morgan fingerprint density at radius 3 is 2.44 bits per heavy atom. The average molecular weight is 244 g/mol. The second kappa shape index (κ2) is 5.56. The number of aliphatic hydroxyl groups is 1. The van der Waals surface area contributed by atoms with Gasteiger partial charge in [0.05, 0.1) is 6.10 Å². The lowest BCUT2D eigenvalue weighted by molar-refractivity contribution is 0.194. The van der Waals surface area contributed by atoms with Gasteiger partial charge in [0.1, 0.15) is 18.1 Å². The van der Waals surface area contributed by atoms with Crippen molar-refractivity contribution in [2.24, 2.45) is 0 Å². The van der Waals surface area contributed by atoms with Gasteiger partial charge in [-0.15, -0.1) is 0 Å². The Bertz CT molecular complexity index is 506. The smallest absolute Gasteiger partial charge is 0.125 e. The second-order valence-electron chi connectivity index (χ2n) is 4.17. The number of phenols is 1. The number of hydrogen-bond donors (Lipinski definition) is 2. The van der Waals surface area contributed by atoms with Gasteiger partial charge in [-0.25, -0.2) is 0 Å². The molecule has 0 saturated carbocycles. The van der Waals surface area contributed by atoms with Crippen molar-refractivity contribution in [1.82, 2.24) is 0 Å². The molecule has 3 nitrogen and oxygen atoms in total. The van der Waals surface area contributed by atoms with E-state index in [4.69, 9.17) is 4.74 Å². The summed E-state index contributed by atoms with van der Waals surface area (Å²) in [6, 6.07) is 14.7. The molecule has 0 aromatic heterocycles. The van der Waals surface area contributed by atoms with Gasteiger partial charge in [0.15, 0.2) is 0 Å². The first kappa shape index (κ1) is 12.5. The lowest BCUT2D eigenvalue weighted by atomic mass is 10.1. The molecular formula is C15H16O3. The van der Waals surface area contributed by atoms with Crippen LogP contribution < -0.4 is 4.74 Å². The van der Waals surface area contributed by atoms with E-state index in [1.807, 2.05) is 30.3 Å². The molecule has 0 aliphatic carbocycles. The highest BCUT2D eigenvalue weighted by Gasteiger charge is 2.08. The molecule has 2 N–H and O–H groups in total. The molecular weight excluding hydrogens is 228 g/mol. The van der Waals surface area contributed by atoms with Crippen molar-refractivity contribution >= 4 is 0 Å². The van der Waals surface area contributed by atoms with Crippen molar-refractivity contribution in [1.29, 1.82) is 0 Å². The van der Waals surface area contributed by atoms with Crippen molar-refractivity contribution in [3.63, 3.8) is 0 Å². The number of aromatic hydroxyl groups is 1. The number of hydrogen-bond acceptors (Lipinski definition) is 3. The molecule has 0 spiro atoms. The van der Waals surface area contributed by atoms with Crippen LogP contribution in [0.2, 0.25) is 0 Å². The molecule has 0 aliphatic rings. The summed E-state index contributed by atoms with van der Waals surface area (Å²) in [6.07, 6.45) is -0.687. The van der Waals surface area contributed by atoms with Gasteiger partial charge in [-0.2, -0.15) is 0 Å². The van der Waals surface area contributed by atoms with Crippen LogP contribution >= 0.6 is 0 Å². The van der Waals surface area contributed by atoms with E-state index in [9.17, 15) is 10.2 Å². The lowest BCUT2D eigenvalue weighted by Crippen LogP contribution is -1.96. The largest absolute Gasteiger partial charge is 0.507 e. The molecule has 94 valence electrons. The molecule has 18 heavy (non-hydrogen) atoms. The lowest BCUT2D eigenvalue weighted by Gasteiger charge is -2.10. The predicted molar refractivity (Wildman–Crippen MR) is 69.5 cm³/mol. The van der Waals surface area contributed by atoms with Crippen LogP contribution in [0.4, 0.5) is 0 Å². The first-order chi connectivity index (χ1) is 8.66. The van der Waals surface area contributed by atoms with E-state index in [1.54, 1.807) is 19.1 Å². The van der Waals surface area contributed by atoms with Gasteiger partial charge >= 0.3 is 0 Å². The zero-order valence-corrected chi connectivity index (χ0v) is 10.2. The molecule has 0 radical (unpaired) electrons. The first-order valence-electron chi connectivity index (χ1n) is 5.84. The summed E-state index contributed by atoms with van der Waals surface area (Å²) in [6.45, 7) is 2.06. The van der Waals surface area contributed by atoms with Gasteiger partial charge in [0, 0.05) is 11.6 Å². The van der Waals surface area contributed by atoms with Gasteiger partial charge < -0.3 is 14.9 Å². The second-order valence-corrected chi connectivity index (χ2v) is 4.17. The molecule has 3 heteroatoms. The number of aliphatic hydroxyl groups excluding tert-OH is 1. The summed E-state index contributed by atoms with van der Waals surface area (Å²) in [5.74, 6) is 0.635. The molecule has 0 heterocycles. The summed E-state index contributed by atoms with van der Waals surface area (Å²) in [5.41, 5.74) is 1.57. The molecule has 0 saturated heterocycles. The van der Waals surface area contributed by atoms with Crippen molar-refractivity contribution in [2.75, 3.05) is 0 Å². The van der Waals surface area contributed by atoms with E-state index in [1.165, 1.54) is 6.07 Å². The van der Waals surface area contributed by atoms with Crippen molar-refractivity contribution in [3.8, 4) is 11.5 Å². The van der Waals surface area contributed by atoms with E-state index in [2.05, 4.69) is 0 Å². The van der Waals surface area contributed by atoms with Crippen molar-refractivity contribution < 1.29 is 14.9 Å². The molecule has 0 aliphatic heterocycles. The monoisotopic (exact) mass is 244 g/mol. The maximum atomic E-state index is 9.72. The zero-order chi connectivity index (χ0) is 13.0. The topological polar surface area (TPSA) is 49.7 Å². The first-order valence-corrected chi connectivity index (χ1v) is 5.84. The predicted octanol–water partition coefficient (Wildman–Crippen LogP) is 3.02. The van der Waals surface area contributed by atoms with Gasteiger partial charge in [-0.05, 0) is 24.6 Å². The number of benzene rings is 2. The molecule has 0 bridgehead atoms. The van der Waals surface area contributed by atoms with E-state index >= 15 is 0 Å².